The minimum absolute atomic E-state index is 0.0354. The molecule has 0 aromatic heterocycles. The molecule has 1 aliphatic carbocycles. The van der Waals surface area contributed by atoms with E-state index in [1.54, 1.807) is 4.90 Å². The van der Waals surface area contributed by atoms with E-state index < -0.39 is 6.04 Å². The molecule has 4 nitrogen and oxygen atoms in total. The van der Waals surface area contributed by atoms with Gasteiger partial charge in [-0.05, 0) is 50.3 Å². The van der Waals surface area contributed by atoms with E-state index in [9.17, 15) is 9.59 Å². The Bertz CT molecular complexity index is 875. The quantitative estimate of drug-likeness (QED) is 0.593. The lowest BCUT2D eigenvalue weighted by Crippen LogP contribution is -2.50. The molecule has 1 unspecified atom stereocenters. The van der Waals surface area contributed by atoms with Gasteiger partial charge in [-0.2, -0.15) is 0 Å². The van der Waals surface area contributed by atoms with Gasteiger partial charge in [0, 0.05) is 24.0 Å². The first-order valence-electron chi connectivity index (χ1n) is 11.3. The van der Waals surface area contributed by atoms with Gasteiger partial charge in [0.05, 0.1) is 0 Å². The summed E-state index contributed by atoms with van der Waals surface area (Å²) in [5, 5.41) is 3.78. The molecule has 1 atom stereocenters. The van der Waals surface area contributed by atoms with Crippen molar-refractivity contribution in [2.24, 2.45) is 0 Å². The molecular weight excluding hydrogens is 408 g/mol. The third-order valence-corrected chi connectivity index (χ3v) is 6.53. The summed E-state index contributed by atoms with van der Waals surface area (Å²) in [7, 11) is 0. The molecule has 1 N–H and O–H groups in total. The Kier molecular flexibility index (Phi) is 8.53. The van der Waals surface area contributed by atoms with Crippen LogP contribution in [0.1, 0.15) is 62.1 Å². The van der Waals surface area contributed by atoms with Crippen LogP contribution in [0.5, 0.6) is 0 Å². The van der Waals surface area contributed by atoms with Crippen molar-refractivity contribution >= 4 is 23.4 Å². The Morgan fingerprint density at radius 2 is 1.74 bits per heavy atom. The molecular formula is C26H33ClN2O2. The average Bonchev–Trinajstić information content (AvgIpc) is 2.78. The predicted octanol–water partition coefficient (Wildman–Crippen LogP) is 5.45. The van der Waals surface area contributed by atoms with Gasteiger partial charge in [-0.3, -0.25) is 9.59 Å². The van der Waals surface area contributed by atoms with Crippen molar-refractivity contribution in [3.8, 4) is 0 Å². The van der Waals surface area contributed by atoms with Gasteiger partial charge in [0.1, 0.15) is 6.04 Å². The summed E-state index contributed by atoms with van der Waals surface area (Å²) in [5.41, 5.74) is 3.17. The number of carbonyl (C=O) groups excluding carboxylic acids is 2. The second kappa shape index (κ2) is 11.3. The first-order valence-corrected chi connectivity index (χ1v) is 11.7. The molecule has 2 aromatic rings. The molecule has 31 heavy (non-hydrogen) atoms. The topological polar surface area (TPSA) is 49.4 Å². The molecule has 3 rings (SSSR count). The van der Waals surface area contributed by atoms with Crippen molar-refractivity contribution < 1.29 is 9.59 Å². The lowest BCUT2D eigenvalue weighted by Gasteiger charge is -2.31. The Labute approximate surface area is 191 Å². The number of halogens is 1. The lowest BCUT2D eigenvalue weighted by atomic mass is 9.95. The van der Waals surface area contributed by atoms with E-state index in [2.05, 4.69) is 29.6 Å². The van der Waals surface area contributed by atoms with E-state index >= 15 is 0 Å². The molecule has 0 aliphatic heterocycles. The summed E-state index contributed by atoms with van der Waals surface area (Å²) >= 11 is 6.36. The third kappa shape index (κ3) is 6.83. The molecule has 0 spiro atoms. The SMILES string of the molecule is Cc1ccc(CCC(=O)N(Cc2ccccc2Cl)C(C)C(=O)NC2CCCCC2)cc1. The standard InChI is InChI=1S/C26H33ClN2O2/c1-19-12-14-21(15-13-19)16-17-25(30)29(18-22-8-6-7-11-24(22)27)20(2)26(31)28-23-9-4-3-5-10-23/h6-8,11-15,20,23H,3-5,9-10,16-18H2,1-2H3,(H,28,31). The molecule has 1 saturated carbocycles. The number of hydrogen-bond donors (Lipinski definition) is 1. The molecule has 0 heterocycles. The summed E-state index contributed by atoms with van der Waals surface area (Å²) in [6.07, 6.45) is 6.58. The van der Waals surface area contributed by atoms with E-state index in [1.165, 1.54) is 12.0 Å². The smallest absolute Gasteiger partial charge is 0.242 e. The molecule has 2 amide bonds. The molecule has 2 aromatic carbocycles. The van der Waals surface area contributed by atoms with Crippen molar-refractivity contribution in [1.29, 1.82) is 0 Å². The van der Waals surface area contributed by atoms with Gasteiger partial charge in [-0.1, -0.05) is 78.9 Å². The highest BCUT2D eigenvalue weighted by Crippen LogP contribution is 2.21. The number of rotatable bonds is 8. The summed E-state index contributed by atoms with van der Waals surface area (Å²) in [5.74, 6) is -0.116. The first kappa shape index (κ1) is 23.3. The average molecular weight is 441 g/mol. The molecule has 0 radical (unpaired) electrons. The van der Waals surface area contributed by atoms with Crippen LogP contribution in [-0.2, 0) is 22.6 Å². The number of benzene rings is 2. The van der Waals surface area contributed by atoms with Crippen molar-refractivity contribution in [2.75, 3.05) is 0 Å². The maximum Gasteiger partial charge on any atom is 0.242 e. The molecule has 5 heteroatoms. The monoisotopic (exact) mass is 440 g/mol. The van der Waals surface area contributed by atoms with E-state index in [-0.39, 0.29) is 17.9 Å². The normalized spacial score (nSPS) is 15.3. The van der Waals surface area contributed by atoms with Crippen molar-refractivity contribution in [3.05, 3.63) is 70.2 Å². The Morgan fingerprint density at radius 1 is 1.06 bits per heavy atom. The van der Waals surface area contributed by atoms with Gasteiger partial charge in [-0.15, -0.1) is 0 Å². The molecule has 0 saturated heterocycles. The fourth-order valence-electron chi connectivity index (χ4n) is 4.11. The van der Waals surface area contributed by atoms with Crippen LogP contribution < -0.4 is 5.32 Å². The Balaban J connectivity index is 1.71. The van der Waals surface area contributed by atoms with E-state index in [0.717, 1.165) is 36.8 Å². The zero-order valence-corrected chi connectivity index (χ0v) is 19.3. The van der Waals surface area contributed by atoms with Gasteiger partial charge in [0.2, 0.25) is 11.8 Å². The second-order valence-electron chi connectivity index (χ2n) is 8.62. The largest absolute Gasteiger partial charge is 0.352 e. The zero-order valence-electron chi connectivity index (χ0n) is 18.6. The van der Waals surface area contributed by atoms with E-state index in [0.29, 0.717) is 24.4 Å². The van der Waals surface area contributed by atoms with Crippen LogP contribution in [-0.4, -0.2) is 28.8 Å². The van der Waals surface area contributed by atoms with Gasteiger partial charge in [-0.25, -0.2) is 0 Å². The minimum Gasteiger partial charge on any atom is -0.352 e. The maximum absolute atomic E-state index is 13.2. The highest BCUT2D eigenvalue weighted by atomic mass is 35.5. The Hall–Kier alpha value is -2.33. The van der Waals surface area contributed by atoms with Crippen LogP contribution in [0.25, 0.3) is 0 Å². The number of carbonyl (C=O) groups is 2. The fourth-order valence-corrected chi connectivity index (χ4v) is 4.31. The van der Waals surface area contributed by atoms with Gasteiger partial charge in [0.25, 0.3) is 0 Å². The van der Waals surface area contributed by atoms with E-state index in [4.69, 9.17) is 11.6 Å². The predicted molar refractivity (Wildman–Crippen MR) is 126 cm³/mol. The molecule has 1 fully saturated rings. The van der Waals surface area contributed by atoms with Crippen LogP contribution >= 0.6 is 11.6 Å². The van der Waals surface area contributed by atoms with Crippen LogP contribution in [0.15, 0.2) is 48.5 Å². The Morgan fingerprint density at radius 3 is 2.42 bits per heavy atom. The number of nitrogens with one attached hydrogen (secondary N) is 1. The molecule has 0 bridgehead atoms. The number of hydrogen-bond acceptors (Lipinski definition) is 2. The van der Waals surface area contributed by atoms with Crippen LogP contribution in [0.2, 0.25) is 5.02 Å². The number of amides is 2. The van der Waals surface area contributed by atoms with Crippen molar-refractivity contribution in [2.45, 2.75) is 77.4 Å². The highest BCUT2D eigenvalue weighted by Gasteiger charge is 2.28. The summed E-state index contributed by atoms with van der Waals surface area (Å²) in [6.45, 7) is 4.19. The van der Waals surface area contributed by atoms with Crippen molar-refractivity contribution in [3.63, 3.8) is 0 Å². The van der Waals surface area contributed by atoms with E-state index in [1.807, 2.05) is 38.1 Å². The van der Waals surface area contributed by atoms with Crippen LogP contribution in [0.4, 0.5) is 0 Å². The highest BCUT2D eigenvalue weighted by molar-refractivity contribution is 6.31. The summed E-state index contributed by atoms with van der Waals surface area (Å²) in [4.78, 5) is 27.9. The molecule has 166 valence electrons. The second-order valence-corrected chi connectivity index (χ2v) is 9.03. The van der Waals surface area contributed by atoms with Crippen molar-refractivity contribution in [1.82, 2.24) is 10.2 Å². The third-order valence-electron chi connectivity index (χ3n) is 6.17. The summed E-state index contributed by atoms with van der Waals surface area (Å²) < 4.78 is 0. The molecule has 1 aliphatic rings. The van der Waals surface area contributed by atoms with Gasteiger partial charge in [0.15, 0.2) is 0 Å². The number of aryl methyl sites for hydroxylation is 2. The fraction of sp³-hybridized carbons (Fsp3) is 0.462. The maximum atomic E-state index is 13.2. The lowest BCUT2D eigenvalue weighted by molar-refractivity contribution is -0.141. The zero-order chi connectivity index (χ0) is 22.2. The summed E-state index contributed by atoms with van der Waals surface area (Å²) in [6, 6.07) is 15.4. The van der Waals surface area contributed by atoms with Crippen LogP contribution in [0.3, 0.4) is 0 Å². The van der Waals surface area contributed by atoms with Gasteiger partial charge >= 0.3 is 0 Å². The minimum atomic E-state index is -0.552. The van der Waals surface area contributed by atoms with Crippen LogP contribution in [0, 0.1) is 6.92 Å². The van der Waals surface area contributed by atoms with Gasteiger partial charge < -0.3 is 10.2 Å². The first-order chi connectivity index (χ1) is 14.9. The number of nitrogens with zero attached hydrogens (tertiary/aromatic N) is 1.